The number of halogens is 4. The Morgan fingerprint density at radius 2 is 1.89 bits per heavy atom. The number of likely N-dealkylation sites (tertiary alicyclic amines) is 1. The van der Waals surface area contributed by atoms with Crippen LogP contribution in [0.3, 0.4) is 0 Å². The molecule has 2 aromatic heterocycles. The molecule has 1 unspecified atom stereocenters. The Labute approximate surface area is 212 Å². The SMILES string of the molecule is C=S(c1cc2c(NCc3cccc(C(F)F)c3F)nc(C)nc2nc1Cl)C1CCN(C)CC1.CC. The number of nitrogens with zero attached hydrogens (tertiary/aromatic N) is 4. The van der Waals surface area contributed by atoms with Crippen molar-refractivity contribution in [3.05, 3.63) is 52.2 Å². The first-order valence-corrected chi connectivity index (χ1v) is 13.4. The molecule has 4 rings (SSSR count). The summed E-state index contributed by atoms with van der Waals surface area (Å²) < 4.78 is 40.6. The Kier molecular flexibility index (Phi) is 9.49. The van der Waals surface area contributed by atoms with E-state index in [4.69, 9.17) is 11.6 Å². The predicted molar refractivity (Wildman–Crippen MR) is 141 cm³/mol. The highest BCUT2D eigenvalue weighted by Crippen LogP contribution is 2.41. The fraction of sp³-hybridized carbons (Fsp3) is 0.440. The quantitative estimate of drug-likeness (QED) is 0.281. The van der Waals surface area contributed by atoms with E-state index in [9.17, 15) is 13.2 Å². The van der Waals surface area contributed by atoms with Crippen LogP contribution in [-0.2, 0) is 6.54 Å². The Balaban J connectivity index is 0.00000167. The van der Waals surface area contributed by atoms with Crippen molar-refractivity contribution in [2.75, 3.05) is 25.5 Å². The highest BCUT2D eigenvalue weighted by molar-refractivity contribution is 8.14. The van der Waals surface area contributed by atoms with Gasteiger partial charge in [0.25, 0.3) is 6.43 Å². The van der Waals surface area contributed by atoms with E-state index in [-0.39, 0.29) is 22.6 Å². The van der Waals surface area contributed by atoms with E-state index in [1.54, 1.807) is 6.92 Å². The number of pyridine rings is 1. The lowest BCUT2D eigenvalue weighted by Crippen LogP contribution is -2.32. The van der Waals surface area contributed by atoms with Gasteiger partial charge in [-0.1, -0.05) is 49.5 Å². The normalized spacial score (nSPS) is 15.7. The zero-order valence-electron chi connectivity index (χ0n) is 20.4. The lowest BCUT2D eigenvalue weighted by atomic mass is 10.1. The molecule has 0 aliphatic carbocycles. The summed E-state index contributed by atoms with van der Waals surface area (Å²) in [6, 6.07) is 5.88. The average molecular weight is 526 g/mol. The van der Waals surface area contributed by atoms with Crippen molar-refractivity contribution < 1.29 is 13.2 Å². The summed E-state index contributed by atoms with van der Waals surface area (Å²) in [5.41, 5.74) is -0.0727. The number of benzene rings is 1. The minimum Gasteiger partial charge on any atom is -0.365 e. The van der Waals surface area contributed by atoms with Crippen LogP contribution in [0.1, 0.15) is 50.1 Å². The summed E-state index contributed by atoms with van der Waals surface area (Å²) in [5.74, 6) is 4.40. The van der Waals surface area contributed by atoms with Crippen LogP contribution in [0.15, 0.2) is 29.2 Å². The molecule has 0 bridgehead atoms. The van der Waals surface area contributed by atoms with Crippen molar-refractivity contribution in [3.63, 3.8) is 0 Å². The van der Waals surface area contributed by atoms with Gasteiger partial charge in [0.15, 0.2) is 5.65 Å². The Morgan fingerprint density at radius 1 is 1.20 bits per heavy atom. The second kappa shape index (κ2) is 12.1. The minimum atomic E-state index is -2.88. The molecule has 1 aliphatic heterocycles. The first-order valence-electron chi connectivity index (χ1n) is 11.6. The molecule has 3 aromatic rings. The highest BCUT2D eigenvalue weighted by atomic mass is 35.5. The van der Waals surface area contributed by atoms with Gasteiger partial charge >= 0.3 is 0 Å². The summed E-state index contributed by atoms with van der Waals surface area (Å²) in [6.07, 6.45) is -0.810. The third-order valence-electron chi connectivity index (χ3n) is 5.86. The van der Waals surface area contributed by atoms with E-state index in [1.165, 1.54) is 12.1 Å². The number of nitrogens with one attached hydrogen (secondary N) is 1. The first-order chi connectivity index (χ1) is 16.7. The largest absolute Gasteiger partial charge is 0.365 e. The first kappa shape index (κ1) is 27.4. The van der Waals surface area contributed by atoms with Crippen molar-refractivity contribution in [2.45, 2.75) is 56.7 Å². The Hall–Kier alpha value is -2.23. The zero-order chi connectivity index (χ0) is 25.7. The summed E-state index contributed by atoms with van der Waals surface area (Å²) in [5, 5.41) is 4.50. The summed E-state index contributed by atoms with van der Waals surface area (Å²) in [4.78, 5) is 16.5. The van der Waals surface area contributed by atoms with E-state index in [0.29, 0.717) is 33.1 Å². The van der Waals surface area contributed by atoms with Crippen molar-refractivity contribution in [1.82, 2.24) is 19.9 Å². The van der Waals surface area contributed by atoms with Crippen LogP contribution in [-0.4, -0.2) is 51.1 Å². The maximum atomic E-state index is 14.5. The standard InChI is InChI=1S/C23H25ClF3N5S.C2H6/c1-13-29-22(28-12-14-5-4-6-16(19(14)25)21(26)27)17-11-18(20(24)31-23(17)30-13)33(3)15-7-9-32(2)10-8-15;1-2/h4-6,11,15,21H,3,7-10,12H2,1-2H3,(H,28,29,30,31);1-2H3. The van der Waals surface area contributed by atoms with Gasteiger partial charge in [0.2, 0.25) is 0 Å². The predicted octanol–water partition coefficient (Wildman–Crippen LogP) is 6.86. The monoisotopic (exact) mass is 525 g/mol. The van der Waals surface area contributed by atoms with Crippen molar-refractivity contribution >= 4 is 44.8 Å². The molecule has 3 heterocycles. The van der Waals surface area contributed by atoms with E-state index < -0.39 is 17.8 Å². The lowest BCUT2D eigenvalue weighted by Gasteiger charge is -2.31. The molecule has 5 nitrogen and oxygen atoms in total. The van der Waals surface area contributed by atoms with Gasteiger partial charge < -0.3 is 10.2 Å². The molecule has 1 aliphatic rings. The number of hydrogen-bond donors (Lipinski definition) is 1. The van der Waals surface area contributed by atoms with Crippen LogP contribution in [0.4, 0.5) is 19.0 Å². The molecule has 0 amide bonds. The average Bonchev–Trinajstić information content (AvgIpc) is 2.84. The van der Waals surface area contributed by atoms with Crippen molar-refractivity contribution in [2.24, 2.45) is 0 Å². The molecule has 1 atom stereocenters. The van der Waals surface area contributed by atoms with Gasteiger partial charge in [-0.2, -0.15) is 10.5 Å². The second-order valence-corrected chi connectivity index (χ2v) is 10.5. The smallest absolute Gasteiger partial charge is 0.266 e. The van der Waals surface area contributed by atoms with Crippen LogP contribution in [0.5, 0.6) is 0 Å². The number of hydrogen-bond acceptors (Lipinski definition) is 5. The molecule has 0 saturated carbocycles. The van der Waals surface area contributed by atoms with Crippen molar-refractivity contribution in [1.29, 1.82) is 0 Å². The van der Waals surface area contributed by atoms with E-state index >= 15 is 0 Å². The number of aromatic nitrogens is 3. The van der Waals surface area contributed by atoms with E-state index in [2.05, 4.69) is 38.1 Å². The molecule has 1 aromatic carbocycles. The molecule has 35 heavy (non-hydrogen) atoms. The van der Waals surface area contributed by atoms with Gasteiger partial charge in [0.05, 0.1) is 10.9 Å². The van der Waals surface area contributed by atoms with Crippen LogP contribution in [0, 0.1) is 12.7 Å². The van der Waals surface area contributed by atoms with Gasteiger partial charge in [-0.05, 0) is 46.0 Å². The topological polar surface area (TPSA) is 53.9 Å². The van der Waals surface area contributed by atoms with Gasteiger partial charge in [-0.15, -0.1) is 0 Å². The number of aryl methyl sites for hydroxylation is 1. The fourth-order valence-electron chi connectivity index (χ4n) is 3.97. The number of piperidine rings is 1. The van der Waals surface area contributed by atoms with Gasteiger partial charge in [0.1, 0.15) is 22.6 Å². The molecule has 1 N–H and O–H groups in total. The summed E-state index contributed by atoms with van der Waals surface area (Å²) >= 11 is 6.54. The fourth-order valence-corrected chi connectivity index (χ4v) is 6.08. The highest BCUT2D eigenvalue weighted by Gasteiger charge is 2.23. The third kappa shape index (κ3) is 6.32. The van der Waals surface area contributed by atoms with E-state index in [1.807, 2.05) is 19.9 Å². The molecule has 1 saturated heterocycles. The van der Waals surface area contributed by atoms with Gasteiger partial charge in [-0.3, -0.25) is 0 Å². The summed E-state index contributed by atoms with van der Waals surface area (Å²) in [6.45, 7) is 7.73. The molecule has 1 fully saturated rings. The molecule has 0 spiro atoms. The second-order valence-electron chi connectivity index (χ2n) is 8.17. The minimum absolute atomic E-state index is 0.0129. The molecule has 190 valence electrons. The number of fused-ring (bicyclic) bond motifs is 1. The molecule has 0 radical (unpaired) electrons. The number of alkyl halides is 2. The molecule has 10 heteroatoms. The van der Waals surface area contributed by atoms with Gasteiger partial charge in [0, 0.05) is 22.3 Å². The Morgan fingerprint density at radius 3 is 2.54 bits per heavy atom. The summed E-state index contributed by atoms with van der Waals surface area (Å²) in [7, 11) is 1.74. The Bertz CT molecular complexity index is 1200. The maximum Gasteiger partial charge on any atom is 0.266 e. The van der Waals surface area contributed by atoms with Crippen LogP contribution >= 0.6 is 22.1 Å². The number of rotatable bonds is 6. The van der Waals surface area contributed by atoms with Crippen LogP contribution in [0.25, 0.3) is 11.0 Å². The lowest BCUT2D eigenvalue weighted by molar-refractivity contribution is 0.146. The molecular formula is C25H31ClF3N5S. The van der Waals surface area contributed by atoms with Gasteiger partial charge in [-0.25, -0.2) is 28.1 Å². The molecular weight excluding hydrogens is 495 g/mol. The van der Waals surface area contributed by atoms with E-state index in [0.717, 1.165) is 36.9 Å². The third-order valence-corrected chi connectivity index (χ3v) is 8.41. The van der Waals surface area contributed by atoms with Crippen LogP contribution < -0.4 is 5.32 Å². The number of anilines is 1. The van der Waals surface area contributed by atoms with Crippen LogP contribution in [0.2, 0.25) is 5.15 Å². The zero-order valence-corrected chi connectivity index (χ0v) is 22.0. The van der Waals surface area contributed by atoms with Crippen molar-refractivity contribution in [3.8, 4) is 0 Å². The maximum absolute atomic E-state index is 14.5.